The van der Waals surface area contributed by atoms with Gasteiger partial charge < -0.3 is 4.90 Å². The molecule has 2 fully saturated rings. The summed E-state index contributed by atoms with van der Waals surface area (Å²) in [7, 11) is -3.65. The zero-order chi connectivity index (χ0) is 19.7. The highest BCUT2D eigenvalue weighted by Crippen LogP contribution is 2.34. The summed E-state index contributed by atoms with van der Waals surface area (Å²) in [5, 5.41) is 0. The number of carbonyl (C=O) groups is 2. The summed E-state index contributed by atoms with van der Waals surface area (Å²) >= 11 is 0. The lowest BCUT2D eigenvalue weighted by Crippen LogP contribution is -2.67. The fourth-order valence-corrected chi connectivity index (χ4v) is 4.58. The smallest absolute Gasteiger partial charge is 0.259 e. The molecule has 1 saturated carbocycles. The third kappa shape index (κ3) is 4.03. The number of nitrogens with one attached hydrogen (secondary N) is 1. The first-order valence-corrected chi connectivity index (χ1v) is 11.4. The normalized spacial score (nSPS) is 23.6. The van der Waals surface area contributed by atoms with Crippen LogP contribution in [0.15, 0.2) is 24.3 Å². The van der Waals surface area contributed by atoms with Gasteiger partial charge in [0.2, 0.25) is 10.0 Å². The number of carbonyl (C=O) groups excluding carboxylic acids is 2. The van der Waals surface area contributed by atoms with Gasteiger partial charge in [0.15, 0.2) is 0 Å². The van der Waals surface area contributed by atoms with Gasteiger partial charge in [0.25, 0.3) is 11.8 Å². The maximum atomic E-state index is 12.9. The maximum absolute atomic E-state index is 12.9. The van der Waals surface area contributed by atoms with Gasteiger partial charge in [0.1, 0.15) is 5.54 Å². The van der Waals surface area contributed by atoms with E-state index >= 15 is 0 Å². The van der Waals surface area contributed by atoms with E-state index in [9.17, 15) is 18.0 Å². The summed E-state index contributed by atoms with van der Waals surface area (Å²) in [6.07, 6.45) is 6.66. The van der Waals surface area contributed by atoms with Crippen molar-refractivity contribution in [1.29, 1.82) is 0 Å². The summed E-state index contributed by atoms with van der Waals surface area (Å²) in [4.78, 5) is 26.8. The minimum Gasteiger partial charge on any atom is -0.324 e. The van der Waals surface area contributed by atoms with Gasteiger partial charge in [-0.05, 0) is 56.7 Å². The van der Waals surface area contributed by atoms with Crippen molar-refractivity contribution in [3.63, 3.8) is 0 Å². The minimum atomic E-state index is -3.65. The number of nitrogens with zero attached hydrogens (tertiary/aromatic N) is 1. The number of sulfonamides is 1. The highest BCUT2D eigenvalue weighted by atomic mass is 32.2. The Kier molecular flexibility index (Phi) is 5.60. The van der Waals surface area contributed by atoms with E-state index in [-0.39, 0.29) is 11.7 Å². The average Bonchev–Trinajstić information content (AvgIpc) is 2.67. The number of rotatable bonds is 5. The first kappa shape index (κ1) is 19.9. The quantitative estimate of drug-likeness (QED) is 0.835. The number of likely N-dealkylation sites (tertiary alicyclic amines) is 1. The van der Waals surface area contributed by atoms with Gasteiger partial charge in [-0.25, -0.2) is 8.42 Å². The summed E-state index contributed by atoms with van der Waals surface area (Å²) in [6.45, 7) is 3.53. The Balaban J connectivity index is 1.70. The SMILES string of the molecule is CCS(=O)(=O)NC(=O)C1(C)CCN1C(=O)c1ccc(C2CCCCC2)cc1. The summed E-state index contributed by atoms with van der Waals surface area (Å²) in [5.74, 6) is -0.473. The molecule has 1 atom stereocenters. The second kappa shape index (κ2) is 7.62. The number of hydrogen-bond acceptors (Lipinski definition) is 4. The van der Waals surface area contributed by atoms with E-state index in [0.29, 0.717) is 24.4 Å². The summed E-state index contributed by atoms with van der Waals surface area (Å²) in [6, 6.07) is 7.68. The highest BCUT2D eigenvalue weighted by Gasteiger charge is 2.50. The molecule has 0 aromatic heterocycles. The van der Waals surface area contributed by atoms with Gasteiger partial charge in [0, 0.05) is 12.1 Å². The molecule has 0 bridgehead atoms. The van der Waals surface area contributed by atoms with Crippen LogP contribution in [0, 0.1) is 0 Å². The molecule has 6 nitrogen and oxygen atoms in total. The van der Waals surface area contributed by atoms with Gasteiger partial charge in [-0.1, -0.05) is 31.4 Å². The largest absolute Gasteiger partial charge is 0.324 e. The molecular weight excluding hydrogens is 364 g/mol. The molecule has 1 aromatic rings. The van der Waals surface area contributed by atoms with E-state index in [4.69, 9.17) is 0 Å². The lowest BCUT2D eigenvalue weighted by molar-refractivity contribution is -0.135. The zero-order valence-corrected chi connectivity index (χ0v) is 16.8. The molecule has 7 heteroatoms. The number of amides is 2. The molecule has 27 heavy (non-hydrogen) atoms. The third-order valence-corrected chi connectivity index (χ3v) is 7.27. The van der Waals surface area contributed by atoms with Crippen LogP contribution in [0.25, 0.3) is 0 Å². The van der Waals surface area contributed by atoms with Gasteiger partial charge in [-0.3, -0.25) is 14.3 Å². The predicted octanol–water partition coefficient (Wildman–Crippen LogP) is 2.80. The monoisotopic (exact) mass is 392 g/mol. The predicted molar refractivity (Wildman–Crippen MR) is 104 cm³/mol. The van der Waals surface area contributed by atoms with Gasteiger partial charge in [0.05, 0.1) is 5.75 Å². The van der Waals surface area contributed by atoms with E-state index in [0.717, 1.165) is 0 Å². The van der Waals surface area contributed by atoms with E-state index in [1.165, 1.54) is 49.5 Å². The fourth-order valence-electron chi connectivity index (χ4n) is 3.93. The van der Waals surface area contributed by atoms with Crippen LogP contribution in [-0.2, 0) is 14.8 Å². The second-order valence-electron chi connectivity index (χ2n) is 7.77. The fraction of sp³-hybridized carbons (Fsp3) is 0.600. The Morgan fingerprint density at radius 1 is 1.15 bits per heavy atom. The van der Waals surface area contributed by atoms with Gasteiger partial charge >= 0.3 is 0 Å². The van der Waals surface area contributed by atoms with E-state index in [1.807, 2.05) is 24.3 Å². The van der Waals surface area contributed by atoms with Crippen molar-refractivity contribution in [2.45, 2.75) is 63.8 Å². The maximum Gasteiger partial charge on any atom is 0.259 e. The Bertz CT molecular complexity index is 813. The molecule has 2 amide bonds. The van der Waals surface area contributed by atoms with Crippen molar-refractivity contribution in [2.75, 3.05) is 12.3 Å². The van der Waals surface area contributed by atoms with Crippen LogP contribution in [0.1, 0.15) is 74.2 Å². The van der Waals surface area contributed by atoms with Crippen molar-refractivity contribution >= 4 is 21.8 Å². The number of hydrogen-bond donors (Lipinski definition) is 1. The minimum absolute atomic E-state index is 0.175. The lowest BCUT2D eigenvalue weighted by atomic mass is 9.83. The summed E-state index contributed by atoms with van der Waals surface area (Å²) < 4.78 is 25.5. The molecule has 1 saturated heterocycles. The van der Waals surface area contributed by atoms with Crippen LogP contribution in [0.5, 0.6) is 0 Å². The number of benzene rings is 1. The van der Waals surface area contributed by atoms with Crippen molar-refractivity contribution in [3.8, 4) is 0 Å². The first-order chi connectivity index (χ1) is 12.8. The highest BCUT2D eigenvalue weighted by molar-refractivity contribution is 7.90. The molecule has 0 radical (unpaired) electrons. The molecule has 0 spiro atoms. The average molecular weight is 393 g/mol. The Labute approximate surface area is 161 Å². The first-order valence-electron chi connectivity index (χ1n) is 9.74. The van der Waals surface area contributed by atoms with Crippen LogP contribution in [0.3, 0.4) is 0 Å². The molecule has 3 rings (SSSR count). The molecule has 1 aliphatic carbocycles. The van der Waals surface area contributed by atoms with Crippen molar-refractivity contribution < 1.29 is 18.0 Å². The van der Waals surface area contributed by atoms with Crippen LogP contribution in [-0.4, -0.2) is 43.0 Å². The molecular formula is C20H28N2O4S. The van der Waals surface area contributed by atoms with Gasteiger partial charge in [-0.15, -0.1) is 0 Å². The molecule has 1 aliphatic heterocycles. The standard InChI is InChI=1S/C20H28N2O4S/c1-3-27(25,26)21-19(24)20(2)13-14-22(20)18(23)17-11-9-16(10-12-17)15-7-5-4-6-8-15/h9-12,15H,3-8,13-14H2,1-2H3,(H,21,24). The Morgan fingerprint density at radius 3 is 2.30 bits per heavy atom. The van der Waals surface area contributed by atoms with Crippen LogP contribution in [0.4, 0.5) is 0 Å². The molecule has 148 valence electrons. The van der Waals surface area contributed by atoms with Crippen molar-refractivity contribution in [1.82, 2.24) is 9.62 Å². The third-order valence-electron chi connectivity index (χ3n) is 6.01. The summed E-state index contributed by atoms with van der Waals surface area (Å²) in [5.41, 5.74) is 0.678. The van der Waals surface area contributed by atoms with Crippen molar-refractivity contribution in [2.24, 2.45) is 0 Å². The van der Waals surface area contributed by atoms with Gasteiger partial charge in [-0.2, -0.15) is 0 Å². The molecule has 1 aromatic carbocycles. The lowest BCUT2D eigenvalue weighted by Gasteiger charge is -2.48. The van der Waals surface area contributed by atoms with E-state index in [2.05, 4.69) is 4.72 Å². The van der Waals surface area contributed by atoms with E-state index in [1.54, 1.807) is 6.92 Å². The topological polar surface area (TPSA) is 83.6 Å². The molecule has 1 heterocycles. The molecule has 1 N–H and O–H groups in total. The van der Waals surface area contributed by atoms with Crippen molar-refractivity contribution in [3.05, 3.63) is 35.4 Å². The molecule has 1 unspecified atom stereocenters. The zero-order valence-electron chi connectivity index (χ0n) is 16.0. The van der Waals surface area contributed by atoms with E-state index < -0.39 is 21.5 Å². The van der Waals surface area contributed by atoms with Crippen LogP contribution < -0.4 is 4.72 Å². The molecule has 2 aliphatic rings. The Hall–Kier alpha value is -1.89. The van der Waals surface area contributed by atoms with Crippen LogP contribution >= 0.6 is 0 Å². The van der Waals surface area contributed by atoms with Crippen LogP contribution in [0.2, 0.25) is 0 Å². The second-order valence-corrected chi connectivity index (χ2v) is 9.78. The Morgan fingerprint density at radius 2 is 1.78 bits per heavy atom.